The Morgan fingerprint density at radius 2 is 1.48 bits per heavy atom. The molecule has 2 amide bonds. The normalized spacial score (nSPS) is 10.4. The molecule has 5 heteroatoms. The van der Waals surface area contributed by atoms with Crippen molar-refractivity contribution >= 4 is 11.8 Å². The molecular formula is C18H21N3O2. The number of nitrogens with zero attached hydrogens (tertiary/aromatic N) is 1. The summed E-state index contributed by atoms with van der Waals surface area (Å²) in [6.07, 6.45) is 0.334. The second-order valence-corrected chi connectivity index (χ2v) is 5.50. The third kappa shape index (κ3) is 5.23. The van der Waals surface area contributed by atoms with Crippen molar-refractivity contribution < 1.29 is 9.59 Å². The molecule has 0 atom stereocenters. The summed E-state index contributed by atoms with van der Waals surface area (Å²) in [6.45, 7) is 0.632. The maximum atomic E-state index is 12.0. The lowest BCUT2D eigenvalue weighted by atomic mass is 10.0. The molecule has 0 bridgehead atoms. The monoisotopic (exact) mass is 311 g/mol. The topological polar surface area (TPSA) is 61.4 Å². The van der Waals surface area contributed by atoms with Crippen molar-refractivity contribution in [2.75, 3.05) is 20.6 Å². The zero-order valence-electron chi connectivity index (χ0n) is 13.4. The molecule has 5 nitrogen and oxygen atoms in total. The number of nitrogens with one attached hydrogen (secondary N) is 2. The summed E-state index contributed by atoms with van der Waals surface area (Å²) in [4.78, 5) is 25.5. The lowest BCUT2D eigenvalue weighted by Crippen LogP contribution is -2.42. The minimum absolute atomic E-state index is 0.215. The van der Waals surface area contributed by atoms with E-state index in [9.17, 15) is 9.59 Å². The van der Waals surface area contributed by atoms with Gasteiger partial charge < -0.3 is 4.90 Å². The fourth-order valence-electron chi connectivity index (χ4n) is 2.03. The number of carbonyl (C=O) groups excluding carboxylic acids is 2. The molecule has 0 saturated carbocycles. The van der Waals surface area contributed by atoms with Gasteiger partial charge in [-0.05, 0) is 37.4 Å². The Kier molecular flexibility index (Phi) is 5.88. The molecule has 0 saturated heterocycles. The number of hydrogen-bond acceptors (Lipinski definition) is 3. The van der Waals surface area contributed by atoms with E-state index >= 15 is 0 Å². The molecule has 0 aliphatic heterocycles. The number of amides is 2. The van der Waals surface area contributed by atoms with Gasteiger partial charge in [-0.2, -0.15) is 0 Å². The number of hydrogen-bond donors (Lipinski definition) is 2. The van der Waals surface area contributed by atoms with Gasteiger partial charge in [0.1, 0.15) is 0 Å². The van der Waals surface area contributed by atoms with Gasteiger partial charge in [0.25, 0.3) is 5.91 Å². The zero-order chi connectivity index (χ0) is 16.7. The molecule has 0 spiro atoms. The van der Waals surface area contributed by atoms with Crippen LogP contribution in [0.25, 0.3) is 11.1 Å². The third-order valence-electron chi connectivity index (χ3n) is 3.36. The molecule has 2 aromatic rings. The van der Waals surface area contributed by atoms with Crippen LogP contribution in [0, 0.1) is 0 Å². The molecule has 23 heavy (non-hydrogen) atoms. The van der Waals surface area contributed by atoms with Crippen LogP contribution in [0.15, 0.2) is 54.6 Å². The molecule has 0 heterocycles. The highest BCUT2D eigenvalue weighted by atomic mass is 16.2. The van der Waals surface area contributed by atoms with Crippen molar-refractivity contribution in [1.82, 2.24) is 15.8 Å². The van der Waals surface area contributed by atoms with Gasteiger partial charge in [-0.25, -0.2) is 0 Å². The van der Waals surface area contributed by atoms with Gasteiger partial charge in [-0.15, -0.1) is 0 Å². The van der Waals surface area contributed by atoms with Gasteiger partial charge >= 0.3 is 0 Å². The lowest BCUT2D eigenvalue weighted by Gasteiger charge is -2.10. The first kappa shape index (κ1) is 16.7. The minimum atomic E-state index is -0.331. The predicted molar refractivity (Wildman–Crippen MR) is 90.7 cm³/mol. The average molecular weight is 311 g/mol. The standard InChI is InChI=1S/C18H21N3O2/c1-21(2)13-12-17(22)19-20-18(23)16-10-8-15(9-11-16)14-6-4-3-5-7-14/h3-11H,12-13H2,1-2H3,(H,19,22)(H,20,23). The summed E-state index contributed by atoms with van der Waals surface area (Å²) < 4.78 is 0. The fraction of sp³-hybridized carbons (Fsp3) is 0.222. The molecule has 2 aromatic carbocycles. The highest BCUT2D eigenvalue weighted by Gasteiger charge is 2.08. The van der Waals surface area contributed by atoms with E-state index in [-0.39, 0.29) is 11.8 Å². The molecular weight excluding hydrogens is 290 g/mol. The van der Waals surface area contributed by atoms with E-state index in [1.54, 1.807) is 12.1 Å². The van der Waals surface area contributed by atoms with E-state index in [1.165, 1.54) is 0 Å². The van der Waals surface area contributed by atoms with Gasteiger partial charge in [0.15, 0.2) is 0 Å². The lowest BCUT2D eigenvalue weighted by molar-refractivity contribution is -0.122. The van der Waals surface area contributed by atoms with Gasteiger partial charge in [0, 0.05) is 18.5 Å². The van der Waals surface area contributed by atoms with Crippen molar-refractivity contribution in [3.05, 3.63) is 60.2 Å². The Bertz CT molecular complexity index is 652. The molecule has 0 fully saturated rings. The van der Waals surface area contributed by atoms with E-state index < -0.39 is 0 Å². The molecule has 0 aliphatic carbocycles. The molecule has 0 aromatic heterocycles. The van der Waals surface area contributed by atoms with Crippen LogP contribution >= 0.6 is 0 Å². The third-order valence-corrected chi connectivity index (χ3v) is 3.36. The van der Waals surface area contributed by atoms with E-state index in [0.717, 1.165) is 11.1 Å². The Morgan fingerprint density at radius 3 is 2.09 bits per heavy atom. The molecule has 2 rings (SSSR count). The maximum Gasteiger partial charge on any atom is 0.269 e. The first-order valence-electron chi connectivity index (χ1n) is 7.45. The summed E-state index contributed by atoms with van der Waals surface area (Å²) in [5.74, 6) is -0.546. The molecule has 0 unspecified atom stereocenters. The summed E-state index contributed by atoms with van der Waals surface area (Å²) in [5, 5.41) is 0. The smallest absolute Gasteiger partial charge is 0.269 e. The molecule has 0 aliphatic rings. The van der Waals surface area contributed by atoms with Crippen LogP contribution in [0.2, 0.25) is 0 Å². The highest BCUT2D eigenvalue weighted by Crippen LogP contribution is 2.19. The Labute approximate surface area is 136 Å². The number of carbonyl (C=O) groups is 2. The van der Waals surface area contributed by atoms with Gasteiger partial charge in [-0.1, -0.05) is 42.5 Å². The number of hydrazine groups is 1. The van der Waals surface area contributed by atoms with Crippen molar-refractivity contribution in [2.45, 2.75) is 6.42 Å². The van der Waals surface area contributed by atoms with Crippen molar-refractivity contribution in [3.63, 3.8) is 0 Å². The molecule has 2 N–H and O–H groups in total. The van der Waals surface area contributed by atoms with E-state index in [2.05, 4.69) is 10.9 Å². The number of benzene rings is 2. The zero-order valence-corrected chi connectivity index (χ0v) is 13.4. The van der Waals surface area contributed by atoms with Crippen LogP contribution in [0.5, 0.6) is 0 Å². The minimum Gasteiger partial charge on any atom is -0.309 e. The Morgan fingerprint density at radius 1 is 0.870 bits per heavy atom. The summed E-state index contributed by atoms with van der Waals surface area (Å²) in [5.41, 5.74) is 7.47. The second kappa shape index (κ2) is 8.10. The van der Waals surface area contributed by atoms with Crippen LogP contribution in [-0.4, -0.2) is 37.4 Å². The SMILES string of the molecule is CN(C)CCC(=O)NNC(=O)c1ccc(-c2ccccc2)cc1. The average Bonchev–Trinajstić information content (AvgIpc) is 2.58. The second-order valence-electron chi connectivity index (χ2n) is 5.50. The van der Waals surface area contributed by atoms with Gasteiger partial charge in [0.05, 0.1) is 0 Å². The fourth-order valence-corrected chi connectivity index (χ4v) is 2.03. The van der Waals surface area contributed by atoms with Crippen molar-refractivity contribution in [3.8, 4) is 11.1 Å². The molecule has 120 valence electrons. The summed E-state index contributed by atoms with van der Waals surface area (Å²) >= 11 is 0. The Balaban J connectivity index is 1.89. The van der Waals surface area contributed by atoms with Crippen molar-refractivity contribution in [1.29, 1.82) is 0 Å². The maximum absolute atomic E-state index is 12.0. The summed E-state index contributed by atoms with van der Waals surface area (Å²) in [7, 11) is 3.78. The van der Waals surface area contributed by atoms with Crippen LogP contribution in [0.1, 0.15) is 16.8 Å². The Hall–Kier alpha value is -2.66. The van der Waals surface area contributed by atoms with E-state index in [1.807, 2.05) is 61.5 Å². The molecule has 0 radical (unpaired) electrons. The first-order chi connectivity index (χ1) is 11.1. The highest BCUT2D eigenvalue weighted by molar-refractivity contribution is 5.95. The number of rotatable bonds is 5. The van der Waals surface area contributed by atoms with Crippen LogP contribution in [0.4, 0.5) is 0 Å². The van der Waals surface area contributed by atoms with E-state index in [4.69, 9.17) is 0 Å². The quantitative estimate of drug-likeness (QED) is 0.831. The van der Waals surface area contributed by atoms with Gasteiger partial charge in [0.2, 0.25) is 5.91 Å². The van der Waals surface area contributed by atoms with Gasteiger partial charge in [-0.3, -0.25) is 20.4 Å². The predicted octanol–water partition coefficient (Wildman–Crippen LogP) is 2.07. The van der Waals surface area contributed by atoms with E-state index in [0.29, 0.717) is 18.5 Å². The van der Waals surface area contributed by atoms with Crippen LogP contribution < -0.4 is 10.9 Å². The summed E-state index contributed by atoms with van der Waals surface area (Å²) in [6, 6.07) is 17.2. The largest absolute Gasteiger partial charge is 0.309 e. The van der Waals surface area contributed by atoms with Crippen LogP contribution in [-0.2, 0) is 4.79 Å². The van der Waals surface area contributed by atoms with Crippen molar-refractivity contribution in [2.24, 2.45) is 0 Å². The first-order valence-corrected chi connectivity index (χ1v) is 7.45. The van der Waals surface area contributed by atoms with Crippen LogP contribution in [0.3, 0.4) is 0 Å².